The molecule has 0 saturated heterocycles. The molecule has 2 N–H and O–H groups in total. The van der Waals surface area contributed by atoms with Crippen molar-refractivity contribution in [1.29, 1.82) is 0 Å². The number of rotatable bonds is 7. The standard InChI is InChI=1S/C19H21NO4/c1-3-24-17-7-5-4-6-16(17)18(21)20-15-10-8-14(9-11-15)12-13(2)19(22)23/h4-11,13H,3,12H2,1-2H3,(H,20,21)(H,22,23). The Kier molecular flexibility index (Phi) is 5.95. The minimum absolute atomic E-state index is 0.245. The number of aliphatic carboxylic acids is 1. The number of hydrogen-bond acceptors (Lipinski definition) is 3. The zero-order chi connectivity index (χ0) is 17.5. The summed E-state index contributed by atoms with van der Waals surface area (Å²) in [5, 5.41) is 11.8. The fourth-order valence-electron chi connectivity index (χ4n) is 2.30. The molecular weight excluding hydrogens is 306 g/mol. The molecule has 0 aliphatic heterocycles. The molecule has 2 rings (SSSR count). The molecule has 0 spiro atoms. The molecule has 2 aromatic rings. The van der Waals surface area contributed by atoms with Crippen LogP contribution >= 0.6 is 0 Å². The summed E-state index contributed by atoms with van der Waals surface area (Å²) in [5.41, 5.74) is 2.04. The average Bonchev–Trinajstić information content (AvgIpc) is 2.57. The number of anilines is 1. The summed E-state index contributed by atoms with van der Waals surface area (Å²) in [6, 6.07) is 14.3. The number of para-hydroxylation sites is 1. The molecule has 1 amide bonds. The van der Waals surface area contributed by atoms with E-state index in [9.17, 15) is 9.59 Å². The lowest BCUT2D eigenvalue weighted by atomic mass is 10.0. The second-order valence-electron chi connectivity index (χ2n) is 5.52. The first kappa shape index (κ1) is 17.5. The van der Waals surface area contributed by atoms with Gasteiger partial charge in [-0.25, -0.2) is 0 Å². The second-order valence-corrected chi connectivity index (χ2v) is 5.52. The molecule has 2 aromatic carbocycles. The molecule has 0 heterocycles. The lowest BCUT2D eigenvalue weighted by Crippen LogP contribution is -2.14. The van der Waals surface area contributed by atoms with E-state index in [1.807, 2.05) is 25.1 Å². The van der Waals surface area contributed by atoms with Crippen molar-refractivity contribution >= 4 is 17.6 Å². The number of benzene rings is 2. The number of ether oxygens (including phenoxy) is 1. The average molecular weight is 327 g/mol. The quantitative estimate of drug-likeness (QED) is 0.815. The van der Waals surface area contributed by atoms with Crippen LogP contribution in [0.2, 0.25) is 0 Å². The Morgan fingerprint density at radius 1 is 1.12 bits per heavy atom. The van der Waals surface area contributed by atoms with Crippen LogP contribution in [0.15, 0.2) is 48.5 Å². The van der Waals surface area contributed by atoms with Crippen LogP contribution in [0.4, 0.5) is 5.69 Å². The Hall–Kier alpha value is -2.82. The monoisotopic (exact) mass is 327 g/mol. The molecule has 1 atom stereocenters. The summed E-state index contributed by atoms with van der Waals surface area (Å²) in [4.78, 5) is 23.3. The molecule has 0 aliphatic carbocycles. The zero-order valence-electron chi connectivity index (χ0n) is 13.8. The van der Waals surface area contributed by atoms with Crippen LogP contribution in [0.5, 0.6) is 5.75 Å². The Balaban J connectivity index is 2.06. The van der Waals surface area contributed by atoms with Gasteiger partial charge in [0.15, 0.2) is 0 Å². The first-order valence-electron chi connectivity index (χ1n) is 7.86. The lowest BCUT2D eigenvalue weighted by molar-refractivity contribution is -0.141. The predicted molar refractivity (Wildman–Crippen MR) is 92.5 cm³/mol. The van der Waals surface area contributed by atoms with Crippen molar-refractivity contribution in [2.45, 2.75) is 20.3 Å². The van der Waals surface area contributed by atoms with Crippen LogP contribution in [0.1, 0.15) is 29.8 Å². The zero-order valence-corrected chi connectivity index (χ0v) is 13.8. The van der Waals surface area contributed by atoms with E-state index in [4.69, 9.17) is 9.84 Å². The van der Waals surface area contributed by atoms with Gasteiger partial charge in [0, 0.05) is 5.69 Å². The van der Waals surface area contributed by atoms with E-state index in [1.54, 1.807) is 37.3 Å². The van der Waals surface area contributed by atoms with E-state index in [-0.39, 0.29) is 5.91 Å². The van der Waals surface area contributed by atoms with Crippen molar-refractivity contribution in [1.82, 2.24) is 0 Å². The number of carboxylic acid groups (broad SMARTS) is 1. The number of carbonyl (C=O) groups excluding carboxylic acids is 1. The lowest BCUT2D eigenvalue weighted by Gasteiger charge is -2.11. The van der Waals surface area contributed by atoms with Crippen molar-refractivity contribution in [3.63, 3.8) is 0 Å². The molecule has 0 aliphatic rings. The molecule has 1 unspecified atom stereocenters. The van der Waals surface area contributed by atoms with Crippen molar-refractivity contribution in [2.24, 2.45) is 5.92 Å². The largest absolute Gasteiger partial charge is 0.493 e. The molecule has 5 heteroatoms. The van der Waals surface area contributed by atoms with Gasteiger partial charge < -0.3 is 15.2 Å². The van der Waals surface area contributed by atoms with Gasteiger partial charge in [0.1, 0.15) is 5.75 Å². The first-order valence-corrected chi connectivity index (χ1v) is 7.86. The van der Waals surface area contributed by atoms with Crippen molar-refractivity contribution < 1.29 is 19.4 Å². The highest BCUT2D eigenvalue weighted by Gasteiger charge is 2.13. The van der Waals surface area contributed by atoms with Crippen LogP contribution in [-0.4, -0.2) is 23.6 Å². The van der Waals surface area contributed by atoms with Gasteiger partial charge in [-0.3, -0.25) is 9.59 Å². The fraction of sp³-hybridized carbons (Fsp3) is 0.263. The third-order valence-corrected chi connectivity index (χ3v) is 3.61. The van der Waals surface area contributed by atoms with Gasteiger partial charge >= 0.3 is 5.97 Å². The highest BCUT2D eigenvalue weighted by Crippen LogP contribution is 2.20. The van der Waals surface area contributed by atoms with E-state index < -0.39 is 11.9 Å². The van der Waals surface area contributed by atoms with Crippen LogP contribution in [-0.2, 0) is 11.2 Å². The molecular formula is C19H21NO4. The van der Waals surface area contributed by atoms with Gasteiger partial charge in [-0.15, -0.1) is 0 Å². The van der Waals surface area contributed by atoms with Gasteiger partial charge in [-0.2, -0.15) is 0 Å². The summed E-state index contributed by atoms with van der Waals surface area (Å²) >= 11 is 0. The number of nitrogens with one attached hydrogen (secondary N) is 1. The van der Waals surface area contributed by atoms with E-state index in [0.29, 0.717) is 30.0 Å². The predicted octanol–water partition coefficient (Wildman–Crippen LogP) is 3.60. The molecule has 0 aromatic heterocycles. The van der Waals surface area contributed by atoms with Crippen LogP contribution in [0, 0.1) is 5.92 Å². The van der Waals surface area contributed by atoms with E-state index in [1.165, 1.54) is 0 Å². The molecule has 24 heavy (non-hydrogen) atoms. The Bertz CT molecular complexity index is 710. The van der Waals surface area contributed by atoms with Crippen molar-refractivity contribution in [3.8, 4) is 5.75 Å². The fourth-order valence-corrected chi connectivity index (χ4v) is 2.30. The summed E-state index contributed by atoms with van der Waals surface area (Å²) in [7, 11) is 0. The molecule has 0 saturated carbocycles. The van der Waals surface area contributed by atoms with Gasteiger partial charge in [-0.05, 0) is 43.2 Å². The number of carboxylic acids is 1. The smallest absolute Gasteiger partial charge is 0.306 e. The maximum absolute atomic E-state index is 12.4. The Morgan fingerprint density at radius 3 is 2.42 bits per heavy atom. The minimum Gasteiger partial charge on any atom is -0.493 e. The highest BCUT2D eigenvalue weighted by molar-refractivity contribution is 6.06. The van der Waals surface area contributed by atoms with Gasteiger partial charge in [0.2, 0.25) is 0 Å². The summed E-state index contributed by atoms with van der Waals surface area (Å²) in [5.74, 6) is -0.960. The molecule has 0 fully saturated rings. The third-order valence-electron chi connectivity index (χ3n) is 3.61. The number of carbonyl (C=O) groups is 2. The minimum atomic E-state index is -0.820. The highest BCUT2D eigenvalue weighted by atomic mass is 16.5. The number of hydrogen-bond donors (Lipinski definition) is 2. The molecule has 0 bridgehead atoms. The first-order chi connectivity index (χ1) is 11.5. The van der Waals surface area contributed by atoms with E-state index in [0.717, 1.165) is 5.56 Å². The maximum atomic E-state index is 12.4. The normalized spacial score (nSPS) is 11.6. The van der Waals surface area contributed by atoms with Crippen LogP contribution < -0.4 is 10.1 Å². The Morgan fingerprint density at radius 2 is 1.79 bits per heavy atom. The topological polar surface area (TPSA) is 75.6 Å². The number of amides is 1. The molecule has 126 valence electrons. The van der Waals surface area contributed by atoms with Crippen LogP contribution in [0.3, 0.4) is 0 Å². The summed E-state index contributed by atoms with van der Waals surface area (Å²) in [6.45, 7) is 4.02. The van der Waals surface area contributed by atoms with E-state index in [2.05, 4.69) is 5.32 Å². The van der Waals surface area contributed by atoms with Crippen molar-refractivity contribution in [3.05, 3.63) is 59.7 Å². The SMILES string of the molecule is CCOc1ccccc1C(=O)Nc1ccc(CC(C)C(=O)O)cc1. The second kappa shape index (κ2) is 8.15. The Labute approximate surface area is 141 Å². The van der Waals surface area contributed by atoms with E-state index >= 15 is 0 Å². The third kappa shape index (κ3) is 4.59. The van der Waals surface area contributed by atoms with Gasteiger partial charge in [0.05, 0.1) is 18.1 Å². The summed E-state index contributed by atoms with van der Waals surface area (Å²) < 4.78 is 5.46. The molecule has 5 nitrogen and oxygen atoms in total. The van der Waals surface area contributed by atoms with Gasteiger partial charge in [0.25, 0.3) is 5.91 Å². The van der Waals surface area contributed by atoms with Crippen LogP contribution in [0.25, 0.3) is 0 Å². The summed E-state index contributed by atoms with van der Waals surface area (Å²) in [6.07, 6.45) is 0.455. The van der Waals surface area contributed by atoms with Crippen molar-refractivity contribution in [2.75, 3.05) is 11.9 Å². The molecule has 0 radical (unpaired) electrons. The maximum Gasteiger partial charge on any atom is 0.306 e. The van der Waals surface area contributed by atoms with Gasteiger partial charge in [-0.1, -0.05) is 31.2 Å².